The molecule has 1 atom stereocenters. The summed E-state index contributed by atoms with van der Waals surface area (Å²) < 4.78 is 5.94. The van der Waals surface area contributed by atoms with E-state index in [4.69, 9.17) is 4.42 Å². The number of aryl methyl sites for hydroxylation is 1. The molecule has 144 valence electrons. The van der Waals surface area contributed by atoms with Crippen LogP contribution in [0.5, 0.6) is 0 Å². The molecule has 1 saturated heterocycles. The lowest BCUT2D eigenvalue weighted by atomic mass is 10.0. The maximum atomic E-state index is 11.8. The van der Waals surface area contributed by atoms with E-state index in [-0.39, 0.29) is 11.0 Å². The lowest BCUT2D eigenvalue weighted by Gasteiger charge is -2.15. The molecule has 1 aliphatic rings. The zero-order valence-electron chi connectivity index (χ0n) is 15.6. The van der Waals surface area contributed by atoms with Crippen LogP contribution in [0.2, 0.25) is 0 Å². The molecule has 3 heterocycles. The van der Waals surface area contributed by atoms with Crippen molar-refractivity contribution >= 4 is 5.97 Å². The van der Waals surface area contributed by atoms with Gasteiger partial charge in [0, 0.05) is 41.5 Å². The highest BCUT2D eigenvalue weighted by molar-refractivity contribution is 5.95. The van der Waals surface area contributed by atoms with Crippen LogP contribution in [-0.2, 0) is 6.54 Å². The largest absolute Gasteiger partial charge is 0.478 e. The zero-order chi connectivity index (χ0) is 19.7. The van der Waals surface area contributed by atoms with Gasteiger partial charge in [0.15, 0.2) is 5.43 Å². The second kappa shape index (κ2) is 7.48. The molecular weight excluding hydrogens is 356 g/mol. The fourth-order valence-corrected chi connectivity index (χ4v) is 3.87. The average Bonchev–Trinajstić information content (AvgIpc) is 3.31. The first-order chi connectivity index (χ1) is 13.5. The minimum absolute atomic E-state index is 0.0393. The van der Waals surface area contributed by atoms with Gasteiger partial charge in [-0.2, -0.15) is 0 Å². The van der Waals surface area contributed by atoms with Crippen molar-refractivity contribution in [2.24, 2.45) is 0 Å². The Kier molecular flexibility index (Phi) is 4.88. The van der Waals surface area contributed by atoms with E-state index < -0.39 is 5.97 Å². The Bertz CT molecular complexity index is 1070. The molecule has 0 radical (unpaired) electrons. The molecule has 0 amide bonds. The molecule has 0 bridgehead atoms. The van der Waals surface area contributed by atoms with Crippen molar-refractivity contribution in [3.63, 3.8) is 0 Å². The smallest absolute Gasteiger partial charge is 0.336 e. The minimum Gasteiger partial charge on any atom is -0.478 e. The molecular formula is C22H22N2O4. The maximum Gasteiger partial charge on any atom is 0.336 e. The van der Waals surface area contributed by atoms with Crippen LogP contribution in [0.4, 0.5) is 0 Å². The molecule has 1 aromatic carbocycles. The van der Waals surface area contributed by atoms with Gasteiger partial charge in [0.25, 0.3) is 0 Å². The first kappa shape index (κ1) is 18.3. The van der Waals surface area contributed by atoms with Gasteiger partial charge in [-0.3, -0.25) is 9.69 Å². The number of furan rings is 1. The summed E-state index contributed by atoms with van der Waals surface area (Å²) in [6, 6.07) is 13.9. The van der Waals surface area contributed by atoms with Crippen LogP contribution < -0.4 is 5.43 Å². The van der Waals surface area contributed by atoms with E-state index in [1.54, 1.807) is 36.4 Å². The van der Waals surface area contributed by atoms with Gasteiger partial charge in [0.2, 0.25) is 0 Å². The summed E-state index contributed by atoms with van der Waals surface area (Å²) in [5.41, 5.74) is 2.72. The molecule has 3 aromatic rings. The van der Waals surface area contributed by atoms with Gasteiger partial charge in [-0.15, -0.1) is 0 Å². The number of nitrogens with one attached hydrogen (secondary N) is 1. The normalized spacial score (nSPS) is 17.1. The molecule has 0 saturated carbocycles. The highest BCUT2D eigenvalue weighted by Gasteiger charge is 2.25. The van der Waals surface area contributed by atoms with Gasteiger partial charge in [-0.1, -0.05) is 18.2 Å². The van der Waals surface area contributed by atoms with Crippen molar-refractivity contribution in [2.45, 2.75) is 25.8 Å². The summed E-state index contributed by atoms with van der Waals surface area (Å²) in [7, 11) is 0. The number of hydrogen-bond donors (Lipinski definition) is 2. The van der Waals surface area contributed by atoms with Crippen LogP contribution >= 0.6 is 0 Å². The number of pyridine rings is 1. The number of carboxylic acids is 1. The zero-order valence-corrected chi connectivity index (χ0v) is 15.6. The minimum atomic E-state index is -0.969. The van der Waals surface area contributed by atoms with Crippen molar-refractivity contribution in [3.05, 3.63) is 81.5 Å². The first-order valence-electron chi connectivity index (χ1n) is 9.34. The predicted octanol–water partition coefficient (Wildman–Crippen LogP) is 3.63. The lowest BCUT2D eigenvalue weighted by Crippen LogP contribution is -2.20. The number of nitrogens with zero attached hydrogens (tertiary/aromatic N) is 1. The molecule has 2 N–H and O–H groups in total. The Labute approximate surface area is 162 Å². The molecule has 1 fully saturated rings. The van der Waals surface area contributed by atoms with Gasteiger partial charge in [0.1, 0.15) is 11.5 Å². The maximum absolute atomic E-state index is 11.8. The average molecular weight is 378 g/mol. The number of likely N-dealkylation sites (tertiary alicyclic amines) is 1. The van der Waals surface area contributed by atoms with E-state index in [0.717, 1.165) is 36.7 Å². The number of H-pyrrole nitrogens is 1. The number of carboxylic acid groups (broad SMARTS) is 1. The van der Waals surface area contributed by atoms with Crippen LogP contribution in [0.25, 0.3) is 11.3 Å². The van der Waals surface area contributed by atoms with Crippen LogP contribution in [-0.4, -0.2) is 34.0 Å². The van der Waals surface area contributed by atoms with E-state index in [0.29, 0.717) is 23.8 Å². The first-order valence-corrected chi connectivity index (χ1v) is 9.34. The standard InChI is InChI=1S/C22H22N2O4/c1-14-10-16(25)11-20(23-14)15-8-9-24(12-15)13-17-6-7-21(28-17)18-4-2-3-5-19(18)22(26)27/h2-7,10-11,15H,8-9,12-13H2,1H3,(H,23,25)(H,26,27)/t15-/m1/s1. The highest BCUT2D eigenvalue weighted by Crippen LogP contribution is 2.29. The van der Waals surface area contributed by atoms with Crippen LogP contribution in [0.1, 0.15) is 39.8 Å². The highest BCUT2D eigenvalue weighted by atomic mass is 16.4. The molecule has 4 rings (SSSR count). The number of aromatic amines is 1. The third kappa shape index (κ3) is 3.77. The molecule has 1 aliphatic heterocycles. The Morgan fingerprint density at radius 1 is 1.25 bits per heavy atom. The summed E-state index contributed by atoms with van der Waals surface area (Å²) in [6.45, 7) is 4.32. The van der Waals surface area contributed by atoms with Crippen molar-refractivity contribution in [3.8, 4) is 11.3 Å². The van der Waals surface area contributed by atoms with Gasteiger partial charge in [-0.05, 0) is 38.1 Å². The van der Waals surface area contributed by atoms with Gasteiger partial charge >= 0.3 is 5.97 Å². The number of benzene rings is 1. The van der Waals surface area contributed by atoms with Gasteiger partial charge < -0.3 is 14.5 Å². The lowest BCUT2D eigenvalue weighted by molar-refractivity contribution is 0.0697. The molecule has 0 spiro atoms. The van der Waals surface area contributed by atoms with Crippen molar-refractivity contribution < 1.29 is 14.3 Å². The second-order valence-electron chi connectivity index (χ2n) is 7.29. The Balaban J connectivity index is 1.47. The third-order valence-electron chi connectivity index (χ3n) is 5.17. The fourth-order valence-electron chi connectivity index (χ4n) is 3.87. The topological polar surface area (TPSA) is 86.5 Å². The Morgan fingerprint density at radius 3 is 2.86 bits per heavy atom. The van der Waals surface area contributed by atoms with E-state index in [2.05, 4.69) is 9.88 Å². The van der Waals surface area contributed by atoms with E-state index >= 15 is 0 Å². The molecule has 6 nitrogen and oxygen atoms in total. The Hall–Kier alpha value is -3.12. The van der Waals surface area contributed by atoms with E-state index in [1.165, 1.54) is 0 Å². The van der Waals surface area contributed by atoms with E-state index in [1.807, 2.05) is 19.1 Å². The quantitative estimate of drug-likeness (QED) is 0.708. The van der Waals surface area contributed by atoms with Crippen LogP contribution in [0.15, 0.2) is 57.7 Å². The summed E-state index contributed by atoms with van der Waals surface area (Å²) in [4.78, 5) is 28.8. The second-order valence-corrected chi connectivity index (χ2v) is 7.29. The molecule has 2 aromatic heterocycles. The van der Waals surface area contributed by atoms with Gasteiger partial charge in [-0.25, -0.2) is 4.79 Å². The molecule has 0 unspecified atom stereocenters. The Morgan fingerprint density at radius 2 is 2.07 bits per heavy atom. The number of rotatable bonds is 5. The van der Waals surface area contributed by atoms with Crippen molar-refractivity contribution in [2.75, 3.05) is 13.1 Å². The van der Waals surface area contributed by atoms with Crippen molar-refractivity contribution in [1.82, 2.24) is 9.88 Å². The number of aromatic nitrogens is 1. The predicted molar refractivity (Wildman–Crippen MR) is 106 cm³/mol. The van der Waals surface area contributed by atoms with Gasteiger partial charge in [0.05, 0.1) is 12.1 Å². The number of hydrogen-bond acceptors (Lipinski definition) is 4. The van der Waals surface area contributed by atoms with Crippen LogP contribution in [0, 0.1) is 6.92 Å². The molecule has 6 heteroatoms. The monoisotopic (exact) mass is 378 g/mol. The summed E-state index contributed by atoms with van der Waals surface area (Å²) in [5, 5.41) is 9.36. The number of carbonyl (C=O) groups is 1. The third-order valence-corrected chi connectivity index (χ3v) is 5.17. The molecule has 28 heavy (non-hydrogen) atoms. The van der Waals surface area contributed by atoms with Crippen molar-refractivity contribution in [1.29, 1.82) is 0 Å². The summed E-state index contributed by atoms with van der Waals surface area (Å²) in [5.74, 6) is 0.693. The summed E-state index contributed by atoms with van der Waals surface area (Å²) >= 11 is 0. The van der Waals surface area contributed by atoms with E-state index in [9.17, 15) is 14.7 Å². The number of aromatic carboxylic acids is 1. The molecule has 0 aliphatic carbocycles. The SMILES string of the molecule is Cc1cc(=O)cc([C@@H]2CCN(Cc3ccc(-c4ccccc4C(=O)O)o3)C2)[nH]1. The summed E-state index contributed by atoms with van der Waals surface area (Å²) in [6.07, 6.45) is 0.981. The van der Waals surface area contributed by atoms with Crippen LogP contribution in [0.3, 0.4) is 0 Å². The fraction of sp³-hybridized carbons (Fsp3) is 0.273.